The molecule has 2 aromatic rings. The van der Waals surface area contributed by atoms with Crippen molar-refractivity contribution in [2.24, 2.45) is 0 Å². The zero-order valence-corrected chi connectivity index (χ0v) is 22.5. The number of fused-ring (bicyclic) bond motifs is 1. The second kappa shape index (κ2) is 13.6. The maximum absolute atomic E-state index is 13.3. The molecule has 1 saturated heterocycles. The number of ether oxygens (including phenoxy) is 1. The van der Waals surface area contributed by atoms with E-state index in [0.29, 0.717) is 31.7 Å². The Labute approximate surface area is 233 Å². The van der Waals surface area contributed by atoms with Gasteiger partial charge in [0, 0.05) is 32.6 Å². The first-order chi connectivity index (χ1) is 19.3. The van der Waals surface area contributed by atoms with Crippen LogP contribution in [-0.4, -0.2) is 66.2 Å². The van der Waals surface area contributed by atoms with Crippen molar-refractivity contribution in [2.45, 2.75) is 57.8 Å². The van der Waals surface area contributed by atoms with Crippen LogP contribution in [0.4, 0.5) is 0 Å². The Balaban J connectivity index is 1.47. The Hall–Kier alpha value is -4.41. The number of rotatable bonds is 5. The van der Waals surface area contributed by atoms with Gasteiger partial charge in [-0.2, -0.15) is 0 Å². The van der Waals surface area contributed by atoms with Crippen molar-refractivity contribution in [1.82, 2.24) is 26.2 Å². The van der Waals surface area contributed by atoms with Crippen LogP contribution in [0.15, 0.2) is 48.5 Å². The van der Waals surface area contributed by atoms with Crippen molar-refractivity contribution < 1.29 is 28.7 Å². The molecule has 0 spiro atoms. The van der Waals surface area contributed by atoms with Crippen LogP contribution in [-0.2, 0) is 32.3 Å². The molecule has 1 fully saturated rings. The zero-order valence-electron chi connectivity index (χ0n) is 22.5. The van der Waals surface area contributed by atoms with E-state index in [1.54, 1.807) is 31.2 Å². The van der Waals surface area contributed by atoms with E-state index in [4.69, 9.17) is 4.74 Å². The maximum atomic E-state index is 13.3. The quantitative estimate of drug-likeness (QED) is 0.438. The van der Waals surface area contributed by atoms with Crippen molar-refractivity contribution >= 4 is 29.5 Å². The summed E-state index contributed by atoms with van der Waals surface area (Å²) in [6, 6.07) is 12.2. The van der Waals surface area contributed by atoms with Crippen LogP contribution in [0, 0.1) is 0 Å². The van der Waals surface area contributed by atoms with E-state index in [9.17, 15) is 24.0 Å². The first-order valence-electron chi connectivity index (χ1n) is 13.5. The molecule has 4 N–H and O–H groups in total. The second-order valence-electron chi connectivity index (χ2n) is 9.97. The minimum Gasteiger partial charge on any atom is -0.493 e. The van der Waals surface area contributed by atoms with Gasteiger partial charge in [-0.3, -0.25) is 24.0 Å². The second-order valence-corrected chi connectivity index (χ2v) is 9.97. The first-order valence-corrected chi connectivity index (χ1v) is 13.5. The van der Waals surface area contributed by atoms with Gasteiger partial charge in [0.05, 0.1) is 18.6 Å². The molecule has 0 saturated carbocycles. The first kappa shape index (κ1) is 28.6. The Bertz CT molecular complexity index is 1260. The van der Waals surface area contributed by atoms with Crippen LogP contribution >= 0.6 is 0 Å². The summed E-state index contributed by atoms with van der Waals surface area (Å²) in [5.41, 5.74) is 2.00. The summed E-state index contributed by atoms with van der Waals surface area (Å²) in [6.45, 7) is 3.56. The van der Waals surface area contributed by atoms with Gasteiger partial charge in [-0.05, 0) is 43.0 Å². The molecule has 2 heterocycles. The van der Waals surface area contributed by atoms with Crippen molar-refractivity contribution in [2.75, 3.05) is 19.7 Å². The monoisotopic (exact) mass is 549 g/mol. The van der Waals surface area contributed by atoms with E-state index < -0.39 is 29.8 Å². The van der Waals surface area contributed by atoms with Gasteiger partial charge < -0.3 is 30.9 Å². The van der Waals surface area contributed by atoms with Gasteiger partial charge in [0.2, 0.25) is 23.6 Å². The van der Waals surface area contributed by atoms with Gasteiger partial charge in [0.25, 0.3) is 5.91 Å². The number of likely N-dealkylation sites (tertiary alicyclic amines) is 1. The highest BCUT2D eigenvalue weighted by Gasteiger charge is 2.27. The predicted molar refractivity (Wildman–Crippen MR) is 146 cm³/mol. The Morgan fingerprint density at radius 3 is 2.62 bits per heavy atom. The molecule has 4 rings (SSSR count). The number of carbonyl (C=O) groups excluding carboxylic acids is 5. The van der Waals surface area contributed by atoms with E-state index >= 15 is 0 Å². The number of hydrogen-bond donors (Lipinski definition) is 4. The molecule has 212 valence electrons. The van der Waals surface area contributed by atoms with Gasteiger partial charge in [0.1, 0.15) is 17.8 Å². The molecule has 0 bridgehead atoms. The molecular formula is C29H35N5O6. The van der Waals surface area contributed by atoms with Crippen LogP contribution in [0.3, 0.4) is 0 Å². The highest BCUT2D eigenvalue weighted by atomic mass is 16.5. The SMILES string of the molecule is C[C@@H]1NC(=O)C[C@@H](C(=O)NCc2cccc(CN3CCCC3=O)c2)NC(=O)c2ccccc2OCCCNC1=O. The average molecular weight is 550 g/mol. The molecule has 2 aromatic carbocycles. The standard InChI is InChI=1S/C29H35N5O6/c1-19-27(37)30-12-6-14-40-24-10-3-2-9-22(24)28(38)33-23(16-25(35)32-19)29(39)31-17-20-7-4-8-21(15-20)18-34-13-5-11-26(34)36/h2-4,7-10,15,19,23H,5-6,11-14,16-18H2,1H3,(H,30,37)(H,31,39)(H,32,35)(H,33,38)/t19-,23-/m0/s1. The maximum Gasteiger partial charge on any atom is 0.255 e. The lowest BCUT2D eigenvalue weighted by Gasteiger charge is -2.20. The highest BCUT2D eigenvalue weighted by Crippen LogP contribution is 2.19. The smallest absolute Gasteiger partial charge is 0.255 e. The Morgan fingerprint density at radius 2 is 1.82 bits per heavy atom. The zero-order chi connectivity index (χ0) is 28.5. The van der Waals surface area contributed by atoms with Crippen LogP contribution in [0.1, 0.15) is 54.1 Å². The molecule has 0 aliphatic carbocycles. The van der Waals surface area contributed by atoms with Crippen LogP contribution in [0.5, 0.6) is 5.75 Å². The summed E-state index contributed by atoms with van der Waals surface area (Å²) in [5, 5.41) is 10.8. The van der Waals surface area contributed by atoms with Crippen molar-refractivity contribution in [3.8, 4) is 5.75 Å². The lowest BCUT2D eigenvalue weighted by atomic mass is 10.1. The topological polar surface area (TPSA) is 146 Å². The summed E-state index contributed by atoms with van der Waals surface area (Å²) >= 11 is 0. The third-order valence-corrected chi connectivity index (χ3v) is 6.79. The van der Waals surface area contributed by atoms with Crippen molar-refractivity contribution in [3.63, 3.8) is 0 Å². The van der Waals surface area contributed by atoms with E-state index in [1.165, 1.54) is 0 Å². The molecular weight excluding hydrogens is 514 g/mol. The van der Waals surface area contributed by atoms with E-state index in [-0.39, 0.29) is 37.0 Å². The highest BCUT2D eigenvalue weighted by molar-refractivity contribution is 6.01. The van der Waals surface area contributed by atoms with Crippen LogP contribution in [0.2, 0.25) is 0 Å². The Morgan fingerprint density at radius 1 is 1.02 bits per heavy atom. The summed E-state index contributed by atoms with van der Waals surface area (Å²) in [6.07, 6.45) is 1.56. The van der Waals surface area contributed by atoms with Gasteiger partial charge in [-0.15, -0.1) is 0 Å². The summed E-state index contributed by atoms with van der Waals surface area (Å²) in [5.74, 6) is -1.55. The van der Waals surface area contributed by atoms with E-state index in [1.807, 2.05) is 29.2 Å². The third-order valence-electron chi connectivity index (χ3n) is 6.79. The number of para-hydroxylation sites is 1. The van der Waals surface area contributed by atoms with Crippen LogP contribution < -0.4 is 26.0 Å². The fourth-order valence-corrected chi connectivity index (χ4v) is 4.64. The number of nitrogens with zero attached hydrogens (tertiary/aromatic N) is 1. The largest absolute Gasteiger partial charge is 0.493 e. The van der Waals surface area contributed by atoms with Gasteiger partial charge in [0.15, 0.2) is 0 Å². The molecule has 2 aliphatic rings. The number of carbonyl (C=O) groups is 5. The van der Waals surface area contributed by atoms with Gasteiger partial charge >= 0.3 is 0 Å². The van der Waals surface area contributed by atoms with Crippen LogP contribution in [0.25, 0.3) is 0 Å². The molecule has 0 radical (unpaired) electrons. The van der Waals surface area contributed by atoms with Gasteiger partial charge in [-0.25, -0.2) is 0 Å². The molecule has 11 heteroatoms. The molecule has 2 aliphatic heterocycles. The van der Waals surface area contributed by atoms with E-state index in [2.05, 4.69) is 21.3 Å². The fraction of sp³-hybridized carbons (Fsp3) is 0.414. The fourth-order valence-electron chi connectivity index (χ4n) is 4.64. The molecule has 0 unspecified atom stereocenters. The summed E-state index contributed by atoms with van der Waals surface area (Å²) < 4.78 is 5.76. The molecule has 11 nitrogen and oxygen atoms in total. The summed E-state index contributed by atoms with van der Waals surface area (Å²) in [7, 11) is 0. The Kier molecular flexibility index (Phi) is 9.71. The predicted octanol–water partition coefficient (Wildman–Crippen LogP) is 1.02. The molecule has 40 heavy (non-hydrogen) atoms. The van der Waals surface area contributed by atoms with Crippen molar-refractivity contribution in [3.05, 3.63) is 65.2 Å². The van der Waals surface area contributed by atoms with Gasteiger partial charge in [-0.1, -0.05) is 36.4 Å². The van der Waals surface area contributed by atoms with E-state index in [0.717, 1.165) is 24.1 Å². The molecule has 5 amide bonds. The number of benzene rings is 2. The summed E-state index contributed by atoms with van der Waals surface area (Å²) in [4.78, 5) is 65.4. The minimum absolute atomic E-state index is 0.135. The lowest BCUT2D eigenvalue weighted by Crippen LogP contribution is -2.51. The molecule has 2 atom stereocenters. The normalized spacial score (nSPS) is 20.7. The van der Waals surface area contributed by atoms with Crippen molar-refractivity contribution in [1.29, 1.82) is 0 Å². The molecule has 0 aromatic heterocycles. The number of amides is 5. The average Bonchev–Trinajstić information content (AvgIpc) is 3.34. The third kappa shape index (κ3) is 7.81. The minimum atomic E-state index is -1.20. The number of nitrogens with one attached hydrogen (secondary N) is 4. The number of hydrogen-bond acceptors (Lipinski definition) is 6. The lowest BCUT2D eigenvalue weighted by molar-refractivity contribution is -0.130.